The zero-order valence-corrected chi connectivity index (χ0v) is 15.5. The number of nitrogens with one attached hydrogen (secondary N) is 1. The predicted molar refractivity (Wildman–Crippen MR) is 96.8 cm³/mol. The molecule has 1 aromatic carbocycles. The topological polar surface area (TPSA) is 59.6 Å². The number of methoxy groups -OCH3 is 1. The van der Waals surface area contributed by atoms with Crippen LogP contribution in [-0.2, 0) is 6.54 Å². The normalized spacial score (nSPS) is 15.8. The van der Waals surface area contributed by atoms with Crippen LogP contribution in [0.1, 0.15) is 31.2 Å². The molecule has 0 saturated heterocycles. The Balaban J connectivity index is 0.00000200. The first-order chi connectivity index (χ1) is 9.19. The maximum atomic E-state index is 5.91. The van der Waals surface area contributed by atoms with Gasteiger partial charge in [0, 0.05) is 10.5 Å². The average molecular weight is 454 g/mol. The molecule has 2 rings (SSSR count). The molecule has 0 radical (unpaired) electrons. The summed E-state index contributed by atoms with van der Waals surface area (Å²) in [7, 11) is 1.66. The van der Waals surface area contributed by atoms with Crippen LogP contribution in [0, 0.1) is 0 Å². The van der Waals surface area contributed by atoms with Crippen LogP contribution < -0.4 is 15.8 Å². The van der Waals surface area contributed by atoms with Crippen molar-refractivity contribution >= 4 is 45.9 Å². The van der Waals surface area contributed by atoms with Crippen molar-refractivity contribution in [3.8, 4) is 5.75 Å². The Kier molecular flexibility index (Phi) is 7.65. The van der Waals surface area contributed by atoms with E-state index in [1.165, 1.54) is 25.7 Å². The van der Waals surface area contributed by atoms with Gasteiger partial charge in [-0.25, -0.2) is 4.99 Å². The number of guanidine groups is 1. The van der Waals surface area contributed by atoms with Crippen molar-refractivity contribution in [2.45, 2.75) is 38.3 Å². The van der Waals surface area contributed by atoms with Crippen LogP contribution in [0.3, 0.4) is 0 Å². The van der Waals surface area contributed by atoms with Crippen molar-refractivity contribution in [2.24, 2.45) is 10.7 Å². The second-order valence-electron chi connectivity index (χ2n) is 4.78. The Morgan fingerprint density at radius 3 is 2.80 bits per heavy atom. The third-order valence-corrected chi connectivity index (χ3v) is 4.15. The third kappa shape index (κ3) is 5.12. The lowest BCUT2D eigenvalue weighted by atomic mass is 10.2. The van der Waals surface area contributed by atoms with Crippen molar-refractivity contribution in [3.63, 3.8) is 0 Å². The zero-order valence-electron chi connectivity index (χ0n) is 11.6. The van der Waals surface area contributed by atoms with E-state index in [1.54, 1.807) is 7.11 Å². The van der Waals surface area contributed by atoms with Crippen LogP contribution in [0.4, 0.5) is 0 Å². The van der Waals surface area contributed by atoms with Gasteiger partial charge in [0.15, 0.2) is 5.96 Å². The SMILES string of the molecule is COc1ccc(Br)c(CN=C(N)NC2CCCC2)c1.I. The molecule has 20 heavy (non-hydrogen) atoms. The Morgan fingerprint density at radius 1 is 1.45 bits per heavy atom. The molecule has 0 unspecified atom stereocenters. The fourth-order valence-electron chi connectivity index (χ4n) is 2.29. The highest BCUT2D eigenvalue weighted by Gasteiger charge is 2.14. The van der Waals surface area contributed by atoms with Gasteiger partial charge in [-0.1, -0.05) is 28.8 Å². The van der Waals surface area contributed by atoms with E-state index in [9.17, 15) is 0 Å². The number of rotatable bonds is 4. The van der Waals surface area contributed by atoms with Gasteiger partial charge in [-0.2, -0.15) is 0 Å². The van der Waals surface area contributed by atoms with Crippen LogP contribution in [0.2, 0.25) is 0 Å². The molecular formula is C14H21BrIN3O. The molecule has 0 heterocycles. The minimum atomic E-state index is 0. The summed E-state index contributed by atoms with van der Waals surface area (Å²) in [6.07, 6.45) is 4.96. The molecule has 1 fully saturated rings. The van der Waals surface area contributed by atoms with Crippen LogP contribution in [0.25, 0.3) is 0 Å². The standard InChI is InChI=1S/C14H20BrN3O.HI/c1-19-12-6-7-13(15)10(8-12)9-17-14(16)18-11-4-2-3-5-11;/h6-8,11H,2-5,9H2,1H3,(H3,16,17,18);1H. The van der Waals surface area contributed by atoms with Gasteiger partial charge in [-0.3, -0.25) is 0 Å². The number of benzene rings is 1. The monoisotopic (exact) mass is 453 g/mol. The molecular weight excluding hydrogens is 433 g/mol. The molecule has 1 aromatic rings. The molecule has 4 nitrogen and oxygen atoms in total. The number of hydrogen-bond acceptors (Lipinski definition) is 2. The van der Waals surface area contributed by atoms with E-state index in [-0.39, 0.29) is 24.0 Å². The first-order valence-corrected chi connectivity index (χ1v) is 7.37. The lowest BCUT2D eigenvalue weighted by molar-refractivity contribution is 0.414. The first kappa shape index (κ1) is 17.6. The molecule has 1 saturated carbocycles. The van der Waals surface area contributed by atoms with Crippen LogP contribution in [-0.4, -0.2) is 19.1 Å². The van der Waals surface area contributed by atoms with Gasteiger partial charge in [-0.05, 0) is 36.6 Å². The fourth-order valence-corrected chi connectivity index (χ4v) is 2.67. The van der Waals surface area contributed by atoms with E-state index < -0.39 is 0 Å². The van der Waals surface area contributed by atoms with Gasteiger partial charge < -0.3 is 15.8 Å². The summed E-state index contributed by atoms with van der Waals surface area (Å²) in [5, 5.41) is 3.28. The van der Waals surface area contributed by atoms with E-state index in [2.05, 4.69) is 26.2 Å². The molecule has 0 aliphatic heterocycles. The minimum absolute atomic E-state index is 0. The molecule has 0 spiro atoms. The van der Waals surface area contributed by atoms with Crippen LogP contribution in [0.15, 0.2) is 27.7 Å². The van der Waals surface area contributed by atoms with E-state index in [0.717, 1.165) is 15.8 Å². The summed E-state index contributed by atoms with van der Waals surface area (Å²) in [6, 6.07) is 6.34. The Morgan fingerprint density at radius 2 is 2.15 bits per heavy atom. The molecule has 112 valence electrons. The van der Waals surface area contributed by atoms with Gasteiger partial charge in [0.1, 0.15) is 5.75 Å². The molecule has 0 bridgehead atoms. The van der Waals surface area contributed by atoms with E-state index in [1.807, 2.05) is 18.2 Å². The van der Waals surface area contributed by atoms with E-state index in [0.29, 0.717) is 18.5 Å². The van der Waals surface area contributed by atoms with Crippen molar-refractivity contribution in [1.82, 2.24) is 5.32 Å². The zero-order chi connectivity index (χ0) is 13.7. The number of halogens is 2. The molecule has 1 aliphatic rings. The Hall–Kier alpha value is -0.500. The lowest BCUT2D eigenvalue weighted by Gasteiger charge is -2.12. The average Bonchev–Trinajstić information content (AvgIpc) is 2.90. The minimum Gasteiger partial charge on any atom is -0.497 e. The predicted octanol–water partition coefficient (Wildman–Crippen LogP) is 3.42. The molecule has 0 aromatic heterocycles. The summed E-state index contributed by atoms with van der Waals surface area (Å²) in [5.74, 6) is 1.36. The molecule has 0 amide bonds. The highest BCUT2D eigenvalue weighted by molar-refractivity contribution is 14.0. The Labute approximate surface area is 145 Å². The smallest absolute Gasteiger partial charge is 0.189 e. The second kappa shape index (κ2) is 8.71. The second-order valence-corrected chi connectivity index (χ2v) is 5.64. The van der Waals surface area contributed by atoms with E-state index >= 15 is 0 Å². The van der Waals surface area contributed by atoms with Gasteiger partial charge in [0.05, 0.1) is 13.7 Å². The van der Waals surface area contributed by atoms with Gasteiger partial charge >= 0.3 is 0 Å². The quantitative estimate of drug-likeness (QED) is 0.417. The number of nitrogens with zero attached hydrogens (tertiary/aromatic N) is 1. The first-order valence-electron chi connectivity index (χ1n) is 6.58. The third-order valence-electron chi connectivity index (χ3n) is 3.38. The lowest BCUT2D eigenvalue weighted by Crippen LogP contribution is -2.38. The fraction of sp³-hybridized carbons (Fsp3) is 0.500. The number of ether oxygens (including phenoxy) is 1. The largest absolute Gasteiger partial charge is 0.497 e. The molecule has 0 atom stereocenters. The van der Waals surface area contributed by atoms with E-state index in [4.69, 9.17) is 10.5 Å². The summed E-state index contributed by atoms with van der Waals surface area (Å²) < 4.78 is 6.23. The maximum Gasteiger partial charge on any atom is 0.189 e. The van der Waals surface area contributed by atoms with Crippen molar-refractivity contribution in [1.29, 1.82) is 0 Å². The number of nitrogens with two attached hydrogens (primary N) is 1. The highest BCUT2D eigenvalue weighted by Crippen LogP contribution is 2.23. The number of aliphatic imine (C=N–C) groups is 1. The molecule has 1 aliphatic carbocycles. The highest BCUT2D eigenvalue weighted by atomic mass is 127. The number of hydrogen-bond donors (Lipinski definition) is 2. The molecule has 3 N–H and O–H groups in total. The van der Waals surface area contributed by atoms with Crippen molar-refractivity contribution in [2.75, 3.05) is 7.11 Å². The maximum absolute atomic E-state index is 5.91. The summed E-state index contributed by atoms with van der Waals surface area (Å²) in [4.78, 5) is 4.39. The van der Waals surface area contributed by atoms with Gasteiger partial charge in [-0.15, -0.1) is 24.0 Å². The Bertz CT molecular complexity index is 462. The van der Waals surface area contributed by atoms with Crippen molar-refractivity contribution < 1.29 is 4.74 Å². The summed E-state index contributed by atoms with van der Waals surface area (Å²) in [5.41, 5.74) is 6.98. The summed E-state index contributed by atoms with van der Waals surface area (Å²) in [6.45, 7) is 0.545. The van der Waals surface area contributed by atoms with Crippen LogP contribution >= 0.6 is 39.9 Å². The molecule has 6 heteroatoms. The van der Waals surface area contributed by atoms with Gasteiger partial charge in [0.2, 0.25) is 0 Å². The van der Waals surface area contributed by atoms with Gasteiger partial charge in [0.25, 0.3) is 0 Å². The van der Waals surface area contributed by atoms with Crippen molar-refractivity contribution in [3.05, 3.63) is 28.2 Å². The summed E-state index contributed by atoms with van der Waals surface area (Å²) >= 11 is 3.51. The van der Waals surface area contributed by atoms with Crippen LogP contribution in [0.5, 0.6) is 5.75 Å².